The minimum Gasteiger partial charge on any atom is -0.496 e. The van der Waals surface area contributed by atoms with Gasteiger partial charge >= 0.3 is 0 Å². The number of hydrogen-bond donors (Lipinski definition) is 1. The molecule has 1 aromatic rings. The number of benzene rings is 1. The molecule has 1 fully saturated rings. The summed E-state index contributed by atoms with van der Waals surface area (Å²) in [6.07, 6.45) is 0. The van der Waals surface area contributed by atoms with Gasteiger partial charge in [0.25, 0.3) is 10.2 Å². The molecule has 2 rings (SSSR count). The standard InChI is InChI=1S/C19H33N3O3S/c1-13(2)17-11-22(12-18(17)20-26(23,24)21(5)6)10-16-8-15(4)19(25-7)9-14(16)3/h8-9,13,17-18,20H,10-12H2,1-7H3/t17-,18+/m0/s1. The summed E-state index contributed by atoms with van der Waals surface area (Å²) in [6.45, 7) is 10.9. The number of aryl methyl sites for hydroxylation is 2. The van der Waals surface area contributed by atoms with Crippen LogP contribution in [0.15, 0.2) is 12.1 Å². The average Bonchev–Trinajstić information content (AvgIpc) is 2.92. The summed E-state index contributed by atoms with van der Waals surface area (Å²) in [5.74, 6) is 1.61. The van der Waals surface area contributed by atoms with E-state index in [4.69, 9.17) is 4.74 Å². The zero-order valence-corrected chi connectivity index (χ0v) is 17.9. The number of likely N-dealkylation sites (tertiary alicyclic amines) is 1. The van der Waals surface area contributed by atoms with Crippen molar-refractivity contribution in [3.63, 3.8) is 0 Å². The van der Waals surface area contributed by atoms with Crippen molar-refractivity contribution in [1.29, 1.82) is 0 Å². The molecule has 26 heavy (non-hydrogen) atoms. The third-order valence-corrected chi connectivity index (χ3v) is 6.89. The molecule has 0 amide bonds. The Labute approximate surface area is 158 Å². The molecule has 1 aliphatic heterocycles. The molecule has 7 heteroatoms. The van der Waals surface area contributed by atoms with Gasteiger partial charge in [-0.15, -0.1) is 0 Å². The Balaban J connectivity index is 2.16. The first-order chi connectivity index (χ1) is 12.0. The minimum atomic E-state index is -3.43. The molecule has 1 aromatic carbocycles. The van der Waals surface area contributed by atoms with Crippen LogP contribution in [0.4, 0.5) is 0 Å². The lowest BCUT2D eigenvalue weighted by Crippen LogP contribution is -2.46. The molecule has 0 aromatic heterocycles. The molecule has 2 atom stereocenters. The maximum absolute atomic E-state index is 12.3. The second-order valence-electron chi connectivity index (χ2n) is 7.86. The summed E-state index contributed by atoms with van der Waals surface area (Å²) in [6, 6.07) is 4.19. The van der Waals surface area contributed by atoms with Crippen molar-refractivity contribution < 1.29 is 13.2 Å². The fraction of sp³-hybridized carbons (Fsp3) is 0.684. The number of ether oxygens (including phenoxy) is 1. The molecular weight excluding hydrogens is 350 g/mol. The molecule has 0 unspecified atom stereocenters. The Morgan fingerprint density at radius 2 is 1.88 bits per heavy atom. The summed E-state index contributed by atoms with van der Waals surface area (Å²) in [7, 11) is 1.38. The van der Waals surface area contributed by atoms with E-state index in [0.717, 1.165) is 30.9 Å². The van der Waals surface area contributed by atoms with Crippen LogP contribution in [0.2, 0.25) is 0 Å². The van der Waals surface area contributed by atoms with Crippen LogP contribution >= 0.6 is 0 Å². The summed E-state index contributed by atoms with van der Waals surface area (Å²) < 4.78 is 34.1. The first-order valence-electron chi connectivity index (χ1n) is 9.11. The first-order valence-corrected chi connectivity index (χ1v) is 10.6. The number of nitrogens with one attached hydrogen (secondary N) is 1. The van der Waals surface area contributed by atoms with Gasteiger partial charge in [-0.1, -0.05) is 19.9 Å². The van der Waals surface area contributed by atoms with Gasteiger partial charge in [-0.2, -0.15) is 17.4 Å². The van der Waals surface area contributed by atoms with E-state index in [9.17, 15) is 8.42 Å². The van der Waals surface area contributed by atoms with Gasteiger partial charge in [-0.3, -0.25) is 4.90 Å². The third-order valence-electron chi connectivity index (χ3n) is 5.33. The van der Waals surface area contributed by atoms with E-state index in [1.54, 1.807) is 21.2 Å². The maximum Gasteiger partial charge on any atom is 0.279 e. The summed E-state index contributed by atoms with van der Waals surface area (Å²) >= 11 is 0. The molecule has 148 valence electrons. The zero-order chi connectivity index (χ0) is 19.6. The molecule has 1 N–H and O–H groups in total. The van der Waals surface area contributed by atoms with Crippen molar-refractivity contribution in [2.24, 2.45) is 11.8 Å². The SMILES string of the molecule is COc1cc(C)c(CN2C[C@@H](NS(=O)(=O)N(C)C)[C@H](C(C)C)C2)cc1C. The maximum atomic E-state index is 12.3. The number of rotatable bonds is 7. The van der Waals surface area contributed by atoms with E-state index in [1.807, 2.05) is 0 Å². The quantitative estimate of drug-likeness (QED) is 0.784. The predicted molar refractivity (Wildman–Crippen MR) is 106 cm³/mol. The van der Waals surface area contributed by atoms with Crippen molar-refractivity contribution >= 4 is 10.2 Å². The zero-order valence-electron chi connectivity index (χ0n) is 17.0. The van der Waals surface area contributed by atoms with Crippen molar-refractivity contribution in [3.05, 3.63) is 28.8 Å². The highest BCUT2D eigenvalue weighted by molar-refractivity contribution is 7.87. The Hall–Kier alpha value is -1.15. The van der Waals surface area contributed by atoms with Crippen LogP contribution in [0.1, 0.15) is 30.5 Å². The second-order valence-corrected chi connectivity index (χ2v) is 9.78. The molecule has 1 heterocycles. The highest BCUT2D eigenvalue weighted by Crippen LogP contribution is 2.29. The largest absolute Gasteiger partial charge is 0.496 e. The van der Waals surface area contributed by atoms with Crippen molar-refractivity contribution in [1.82, 2.24) is 13.9 Å². The topological polar surface area (TPSA) is 61.9 Å². The van der Waals surface area contributed by atoms with Crippen molar-refractivity contribution in [2.75, 3.05) is 34.3 Å². The highest BCUT2D eigenvalue weighted by Gasteiger charge is 2.37. The minimum absolute atomic E-state index is 0.0675. The van der Waals surface area contributed by atoms with Gasteiger partial charge in [0.05, 0.1) is 7.11 Å². The van der Waals surface area contributed by atoms with Gasteiger partial charge < -0.3 is 4.74 Å². The molecule has 1 saturated heterocycles. The second kappa shape index (κ2) is 8.25. The van der Waals surface area contributed by atoms with E-state index in [-0.39, 0.29) is 6.04 Å². The molecule has 6 nitrogen and oxygen atoms in total. The highest BCUT2D eigenvalue weighted by atomic mass is 32.2. The number of hydrogen-bond acceptors (Lipinski definition) is 4. The average molecular weight is 384 g/mol. The van der Waals surface area contributed by atoms with E-state index < -0.39 is 10.2 Å². The summed E-state index contributed by atoms with van der Waals surface area (Å²) in [5, 5.41) is 0. The lowest BCUT2D eigenvalue weighted by Gasteiger charge is -2.24. The van der Waals surface area contributed by atoms with Crippen LogP contribution < -0.4 is 9.46 Å². The van der Waals surface area contributed by atoms with Gasteiger partial charge in [0.15, 0.2) is 0 Å². The van der Waals surface area contributed by atoms with Crippen molar-refractivity contribution in [3.8, 4) is 5.75 Å². The molecule has 0 spiro atoms. The monoisotopic (exact) mass is 383 g/mol. The Morgan fingerprint density at radius 1 is 1.23 bits per heavy atom. The Morgan fingerprint density at radius 3 is 2.42 bits per heavy atom. The van der Waals surface area contributed by atoms with Gasteiger partial charge in [0.1, 0.15) is 5.75 Å². The predicted octanol–water partition coefficient (Wildman–Crippen LogP) is 2.16. The van der Waals surface area contributed by atoms with Gasteiger partial charge in [0.2, 0.25) is 0 Å². The molecule has 0 aliphatic carbocycles. The van der Waals surface area contributed by atoms with Crippen LogP contribution in [-0.4, -0.2) is 58.0 Å². The molecule has 0 radical (unpaired) electrons. The Bertz CT molecular complexity index is 732. The third kappa shape index (κ3) is 4.76. The fourth-order valence-electron chi connectivity index (χ4n) is 3.62. The van der Waals surface area contributed by atoms with Gasteiger partial charge in [0, 0.05) is 39.8 Å². The Kier molecular flexibility index (Phi) is 6.71. The van der Waals surface area contributed by atoms with E-state index >= 15 is 0 Å². The van der Waals surface area contributed by atoms with Crippen LogP contribution in [0.5, 0.6) is 5.75 Å². The number of methoxy groups -OCH3 is 1. The van der Waals surface area contributed by atoms with Crippen LogP contribution in [-0.2, 0) is 16.8 Å². The summed E-state index contributed by atoms with van der Waals surface area (Å²) in [4.78, 5) is 2.35. The van der Waals surface area contributed by atoms with Crippen LogP contribution in [0.3, 0.4) is 0 Å². The number of nitrogens with zero attached hydrogens (tertiary/aromatic N) is 2. The van der Waals surface area contributed by atoms with Gasteiger partial charge in [-0.25, -0.2) is 0 Å². The summed E-state index contributed by atoms with van der Waals surface area (Å²) in [5.41, 5.74) is 3.59. The lowest BCUT2D eigenvalue weighted by atomic mass is 9.92. The molecule has 0 saturated carbocycles. The first kappa shape index (κ1) is 21.2. The smallest absolute Gasteiger partial charge is 0.279 e. The molecular formula is C19H33N3O3S. The van der Waals surface area contributed by atoms with Crippen LogP contribution in [0.25, 0.3) is 0 Å². The van der Waals surface area contributed by atoms with Crippen LogP contribution in [0, 0.1) is 25.7 Å². The van der Waals surface area contributed by atoms with Crippen molar-refractivity contribution in [2.45, 2.75) is 40.3 Å². The van der Waals surface area contributed by atoms with E-state index in [2.05, 4.69) is 49.4 Å². The lowest BCUT2D eigenvalue weighted by molar-refractivity contribution is 0.295. The van der Waals surface area contributed by atoms with E-state index in [1.165, 1.54) is 15.4 Å². The molecule has 0 bridgehead atoms. The molecule has 1 aliphatic rings. The fourth-order valence-corrected chi connectivity index (χ4v) is 4.46. The van der Waals surface area contributed by atoms with Gasteiger partial charge in [-0.05, 0) is 48.4 Å². The van der Waals surface area contributed by atoms with E-state index in [0.29, 0.717) is 11.8 Å². The normalized spacial score (nSPS) is 21.7.